The van der Waals surface area contributed by atoms with E-state index in [0.29, 0.717) is 0 Å². The third kappa shape index (κ3) is 5.61. The van der Waals surface area contributed by atoms with Crippen molar-refractivity contribution in [3.63, 3.8) is 0 Å². The zero-order chi connectivity index (χ0) is 42.6. The second-order valence-corrected chi connectivity index (χ2v) is 17.0. The predicted molar refractivity (Wildman–Crippen MR) is 268 cm³/mol. The summed E-state index contributed by atoms with van der Waals surface area (Å²) in [5.74, 6) is 0. The Kier molecular flexibility index (Phi) is 7.65. The molecule has 0 unspecified atom stereocenters. The maximum absolute atomic E-state index is 6.73. The summed E-state index contributed by atoms with van der Waals surface area (Å²) in [4.78, 5) is 5.32. The second kappa shape index (κ2) is 13.9. The van der Waals surface area contributed by atoms with E-state index in [9.17, 15) is 0 Å². The van der Waals surface area contributed by atoms with Gasteiger partial charge in [0.25, 0.3) is 0 Å². The van der Waals surface area contributed by atoms with E-state index < -0.39 is 0 Å². The minimum absolute atomic E-state index is 0.835. The van der Waals surface area contributed by atoms with Gasteiger partial charge in [-0.25, -0.2) is 4.98 Å². The van der Waals surface area contributed by atoms with Crippen molar-refractivity contribution in [1.29, 1.82) is 0 Å². The summed E-state index contributed by atoms with van der Waals surface area (Å²) in [6, 6.07) is 75.3. The average Bonchev–Trinajstić information content (AvgIpc) is 4.06. The number of benzene rings is 10. The van der Waals surface area contributed by atoms with E-state index in [4.69, 9.17) is 18.2 Å². The van der Waals surface area contributed by atoms with Gasteiger partial charge in [-0.3, -0.25) is 0 Å². The van der Waals surface area contributed by atoms with Crippen LogP contribution in [0.5, 0.6) is 0 Å². The highest BCUT2D eigenvalue weighted by Gasteiger charge is 2.22. The molecule has 302 valence electrons. The molecule has 14 rings (SSSR count). The number of pyridine rings is 1. The topological polar surface area (TPSA) is 52.3 Å². The highest BCUT2D eigenvalue weighted by atomic mass is 16.3. The average molecular weight is 830 g/mol. The van der Waals surface area contributed by atoms with Crippen molar-refractivity contribution in [3.8, 4) is 55.8 Å². The standard InChI is InChI=1S/C61H35NO3/c1-2-13-36(14-3-1)61-50-35-57-60(47-20-7-11-24-54(47)65-57)58(59(50)46-19-4-8-21-51(46)62-61)40-16-12-15-37(29-40)41-30-42(38-25-27-55-48(33-38)44-17-5-9-22-52(44)63-55)32-43(31-41)39-26-28-56-49(34-39)45-18-6-10-23-53(45)64-56/h1-35H. The van der Waals surface area contributed by atoms with Gasteiger partial charge in [0.05, 0.1) is 11.2 Å². The van der Waals surface area contributed by atoms with Crippen LogP contribution in [0, 0.1) is 0 Å². The molecule has 4 aromatic heterocycles. The van der Waals surface area contributed by atoms with Crippen molar-refractivity contribution in [3.05, 3.63) is 212 Å². The summed E-state index contributed by atoms with van der Waals surface area (Å²) in [6.45, 7) is 0. The van der Waals surface area contributed by atoms with Crippen LogP contribution >= 0.6 is 0 Å². The third-order valence-corrected chi connectivity index (χ3v) is 13.2. The van der Waals surface area contributed by atoms with Crippen molar-refractivity contribution < 1.29 is 13.3 Å². The molecule has 0 radical (unpaired) electrons. The molecule has 0 aliphatic heterocycles. The molecule has 0 aliphatic rings. The Morgan fingerprint density at radius 2 is 0.708 bits per heavy atom. The van der Waals surface area contributed by atoms with Gasteiger partial charge in [0.1, 0.15) is 33.5 Å². The lowest BCUT2D eigenvalue weighted by Gasteiger charge is -2.17. The molecule has 65 heavy (non-hydrogen) atoms. The van der Waals surface area contributed by atoms with E-state index in [0.717, 1.165) is 143 Å². The van der Waals surface area contributed by atoms with Gasteiger partial charge in [0, 0.05) is 59.6 Å². The highest BCUT2D eigenvalue weighted by molar-refractivity contribution is 6.28. The molecule has 0 amide bonds. The molecular formula is C61H35NO3. The minimum atomic E-state index is 0.835. The van der Waals surface area contributed by atoms with Gasteiger partial charge in [-0.15, -0.1) is 0 Å². The Morgan fingerprint density at radius 3 is 1.35 bits per heavy atom. The van der Waals surface area contributed by atoms with Crippen LogP contribution in [0.3, 0.4) is 0 Å². The number of para-hydroxylation sites is 4. The van der Waals surface area contributed by atoms with Crippen LogP contribution in [0.25, 0.3) is 143 Å². The lowest BCUT2D eigenvalue weighted by atomic mass is 9.87. The first-order valence-electron chi connectivity index (χ1n) is 22.0. The van der Waals surface area contributed by atoms with Crippen LogP contribution in [0.1, 0.15) is 0 Å². The highest BCUT2D eigenvalue weighted by Crippen LogP contribution is 2.47. The minimum Gasteiger partial charge on any atom is -0.456 e. The summed E-state index contributed by atoms with van der Waals surface area (Å²) in [6.07, 6.45) is 0. The third-order valence-electron chi connectivity index (χ3n) is 13.2. The molecule has 0 aliphatic carbocycles. The van der Waals surface area contributed by atoms with Crippen molar-refractivity contribution in [2.75, 3.05) is 0 Å². The van der Waals surface area contributed by atoms with Gasteiger partial charge in [-0.2, -0.15) is 0 Å². The van der Waals surface area contributed by atoms with E-state index >= 15 is 0 Å². The van der Waals surface area contributed by atoms with Crippen LogP contribution in [-0.2, 0) is 0 Å². The monoisotopic (exact) mass is 829 g/mol. The van der Waals surface area contributed by atoms with Gasteiger partial charge in [-0.1, -0.05) is 133 Å². The Labute approximate surface area is 372 Å². The van der Waals surface area contributed by atoms with Crippen molar-refractivity contribution in [2.45, 2.75) is 0 Å². The molecule has 10 aromatic carbocycles. The number of furan rings is 3. The number of nitrogens with zero attached hydrogens (tertiary/aromatic N) is 1. The smallest absolute Gasteiger partial charge is 0.136 e. The van der Waals surface area contributed by atoms with Crippen molar-refractivity contribution in [1.82, 2.24) is 4.98 Å². The Morgan fingerprint density at radius 1 is 0.246 bits per heavy atom. The summed E-state index contributed by atoms with van der Waals surface area (Å²) in [5.41, 5.74) is 17.1. The summed E-state index contributed by atoms with van der Waals surface area (Å²) in [7, 11) is 0. The van der Waals surface area contributed by atoms with Crippen molar-refractivity contribution >= 4 is 87.5 Å². The molecule has 14 aromatic rings. The first-order valence-corrected chi connectivity index (χ1v) is 22.0. The fraction of sp³-hybridized carbons (Fsp3) is 0. The van der Waals surface area contributed by atoms with E-state index in [-0.39, 0.29) is 0 Å². The maximum Gasteiger partial charge on any atom is 0.136 e. The quantitative estimate of drug-likeness (QED) is 0.162. The molecule has 0 N–H and O–H groups in total. The van der Waals surface area contributed by atoms with Gasteiger partial charge < -0.3 is 13.3 Å². The maximum atomic E-state index is 6.73. The Bertz CT molecular complexity index is 4110. The normalized spacial score (nSPS) is 12.0. The Hall–Kier alpha value is -8.73. The summed E-state index contributed by atoms with van der Waals surface area (Å²) in [5, 5.41) is 9.90. The fourth-order valence-corrected chi connectivity index (χ4v) is 10.2. The van der Waals surface area contributed by atoms with E-state index in [2.05, 4.69) is 182 Å². The Balaban J connectivity index is 1.03. The lowest BCUT2D eigenvalue weighted by Crippen LogP contribution is -1.93. The molecule has 4 heteroatoms. The number of hydrogen-bond donors (Lipinski definition) is 0. The number of fused-ring (bicyclic) bond motifs is 12. The lowest BCUT2D eigenvalue weighted by molar-refractivity contribution is 0.668. The van der Waals surface area contributed by atoms with Crippen LogP contribution in [0.4, 0.5) is 0 Å². The van der Waals surface area contributed by atoms with Crippen LogP contribution in [0.2, 0.25) is 0 Å². The van der Waals surface area contributed by atoms with E-state index in [1.165, 1.54) is 0 Å². The molecular weight excluding hydrogens is 795 g/mol. The molecule has 0 saturated carbocycles. The number of hydrogen-bond acceptors (Lipinski definition) is 4. The zero-order valence-corrected chi connectivity index (χ0v) is 34.9. The summed E-state index contributed by atoms with van der Waals surface area (Å²) < 4.78 is 19.3. The molecule has 0 bridgehead atoms. The van der Waals surface area contributed by atoms with Gasteiger partial charge >= 0.3 is 0 Å². The van der Waals surface area contributed by atoms with Gasteiger partial charge in [-0.05, 0) is 118 Å². The van der Waals surface area contributed by atoms with Crippen LogP contribution in [0.15, 0.2) is 226 Å². The second-order valence-electron chi connectivity index (χ2n) is 17.0. The number of rotatable bonds is 5. The molecule has 0 fully saturated rings. The SMILES string of the molecule is c1ccc(-c2nc3ccccc3c3c(-c4cccc(-c5cc(-c6ccc7oc8ccccc8c7c6)cc(-c6ccc7oc8ccccc8c7c6)c5)c4)c4c(cc23)oc2ccccc24)cc1. The fourth-order valence-electron chi connectivity index (χ4n) is 10.2. The number of aromatic nitrogens is 1. The van der Waals surface area contributed by atoms with Crippen LogP contribution in [-0.4, -0.2) is 4.98 Å². The first-order chi connectivity index (χ1) is 32.2. The molecule has 0 atom stereocenters. The first kappa shape index (κ1) is 35.8. The van der Waals surface area contributed by atoms with Crippen molar-refractivity contribution in [2.24, 2.45) is 0 Å². The largest absolute Gasteiger partial charge is 0.456 e. The summed E-state index contributed by atoms with van der Waals surface area (Å²) >= 11 is 0. The molecule has 0 spiro atoms. The van der Waals surface area contributed by atoms with Gasteiger partial charge in [0.15, 0.2) is 0 Å². The predicted octanol–water partition coefficient (Wildman–Crippen LogP) is 17.4. The molecule has 4 heterocycles. The molecule has 4 nitrogen and oxygen atoms in total. The van der Waals surface area contributed by atoms with E-state index in [1.54, 1.807) is 0 Å². The van der Waals surface area contributed by atoms with Gasteiger partial charge in [0.2, 0.25) is 0 Å². The van der Waals surface area contributed by atoms with Crippen LogP contribution < -0.4 is 0 Å². The zero-order valence-electron chi connectivity index (χ0n) is 34.9. The molecule has 0 saturated heterocycles. The van der Waals surface area contributed by atoms with E-state index in [1.807, 2.05) is 30.3 Å².